The summed E-state index contributed by atoms with van der Waals surface area (Å²) in [6.07, 6.45) is 1.87. The van der Waals surface area contributed by atoms with Crippen molar-refractivity contribution in [2.24, 2.45) is 0 Å². The number of esters is 1. The number of hydrogen-bond acceptors (Lipinski definition) is 4. The fourth-order valence-corrected chi connectivity index (χ4v) is 1.62. The summed E-state index contributed by atoms with van der Waals surface area (Å²) >= 11 is 0. The molecule has 1 atom stereocenters. The van der Waals surface area contributed by atoms with E-state index in [0.717, 1.165) is 12.8 Å². The lowest BCUT2D eigenvalue weighted by atomic mass is 10.1. The molecule has 0 aromatic heterocycles. The SMILES string of the molecule is CCCCOC(=O)COc1ccccc1C(O)CC. The van der Waals surface area contributed by atoms with Crippen molar-refractivity contribution >= 4 is 5.97 Å². The first-order valence-electron chi connectivity index (χ1n) is 6.74. The Labute approximate surface area is 114 Å². The van der Waals surface area contributed by atoms with Gasteiger partial charge in [0.2, 0.25) is 0 Å². The zero-order valence-corrected chi connectivity index (χ0v) is 11.6. The Kier molecular flexibility index (Phi) is 6.97. The Balaban J connectivity index is 2.50. The predicted octanol–water partition coefficient (Wildman–Crippen LogP) is 2.85. The number of unbranched alkanes of at least 4 members (excludes halogenated alkanes) is 1. The highest BCUT2D eigenvalue weighted by atomic mass is 16.6. The van der Waals surface area contributed by atoms with E-state index in [2.05, 4.69) is 0 Å². The average molecular weight is 266 g/mol. The van der Waals surface area contributed by atoms with Gasteiger partial charge in [-0.05, 0) is 18.9 Å². The van der Waals surface area contributed by atoms with Crippen molar-refractivity contribution in [1.82, 2.24) is 0 Å². The lowest BCUT2D eigenvalue weighted by Crippen LogP contribution is -2.16. The third-order valence-corrected chi connectivity index (χ3v) is 2.77. The van der Waals surface area contributed by atoms with Crippen molar-refractivity contribution < 1.29 is 19.4 Å². The van der Waals surface area contributed by atoms with E-state index >= 15 is 0 Å². The van der Waals surface area contributed by atoms with Crippen LogP contribution in [0.1, 0.15) is 44.8 Å². The van der Waals surface area contributed by atoms with Gasteiger partial charge < -0.3 is 14.6 Å². The van der Waals surface area contributed by atoms with Gasteiger partial charge >= 0.3 is 5.97 Å². The molecule has 0 radical (unpaired) electrons. The molecule has 1 unspecified atom stereocenters. The summed E-state index contributed by atoms with van der Waals surface area (Å²) in [4.78, 5) is 11.4. The molecule has 0 aliphatic carbocycles. The van der Waals surface area contributed by atoms with Crippen LogP contribution in [0.25, 0.3) is 0 Å². The summed E-state index contributed by atoms with van der Waals surface area (Å²) in [5, 5.41) is 9.85. The number of rotatable bonds is 8. The van der Waals surface area contributed by atoms with E-state index in [1.54, 1.807) is 12.1 Å². The van der Waals surface area contributed by atoms with Gasteiger partial charge in [-0.15, -0.1) is 0 Å². The van der Waals surface area contributed by atoms with E-state index in [0.29, 0.717) is 24.3 Å². The van der Waals surface area contributed by atoms with Gasteiger partial charge in [-0.25, -0.2) is 4.79 Å². The second-order valence-corrected chi connectivity index (χ2v) is 4.32. The standard InChI is InChI=1S/C15H22O4/c1-3-5-10-18-15(17)11-19-14-9-7-6-8-12(14)13(16)4-2/h6-9,13,16H,3-5,10-11H2,1-2H3. The second kappa shape index (κ2) is 8.53. The lowest BCUT2D eigenvalue weighted by molar-refractivity contribution is -0.146. The van der Waals surface area contributed by atoms with Gasteiger partial charge in [-0.3, -0.25) is 0 Å². The number of carbonyl (C=O) groups excluding carboxylic acids is 1. The third kappa shape index (κ3) is 5.30. The van der Waals surface area contributed by atoms with Crippen LogP contribution in [0.3, 0.4) is 0 Å². The summed E-state index contributed by atoms with van der Waals surface area (Å²) in [5.74, 6) is 0.151. The molecule has 0 amide bonds. The maximum atomic E-state index is 11.4. The molecule has 0 fully saturated rings. The predicted molar refractivity (Wildman–Crippen MR) is 73.1 cm³/mol. The van der Waals surface area contributed by atoms with Crippen LogP contribution in [0.2, 0.25) is 0 Å². The highest BCUT2D eigenvalue weighted by molar-refractivity contribution is 5.71. The number of carbonyl (C=O) groups is 1. The van der Waals surface area contributed by atoms with E-state index in [-0.39, 0.29) is 12.6 Å². The van der Waals surface area contributed by atoms with Crippen molar-refractivity contribution in [3.63, 3.8) is 0 Å². The van der Waals surface area contributed by atoms with E-state index in [1.807, 2.05) is 26.0 Å². The number of aliphatic hydroxyl groups is 1. The Hall–Kier alpha value is -1.55. The van der Waals surface area contributed by atoms with Gasteiger partial charge in [0.15, 0.2) is 6.61 Å². The van der Waals surface area contributed by atoms with Gasteiger partial charge in [0.25, 0.3) is 0 Å². The summed E-state index contributed by atoms with van der Waals surface area (Å²) in [6, 6.07) is 7.18. The van der Waals surface area contributed by atoms with Crippen LogP contribution in [-0.4, -0.2) is 24.3 Å². The fourth-order valence-electron chi connectivity index (χ4n) is 1.62. The van der Waals surface area contributed by atoms with E-state index in [4.69, 9.17) is 9.47 Å². The molecule has 0 spiro atoms. The van der Waals surface area contributed by atoms with Gasteiger partial charge in [0.1, 0.15) is 5.75 Å². The first-order chi connectivity index (χ1) is 9.19. The minimum atomic E-state index is -0.577. The van der Waals surface area contributed by atoms with E-state index < -0.39 is 6.10 Å². The van der Waals surface area contributed by atoms with Crippen molar-refractivity contribution in [3.05, 3.63) is 29.8 Å². The molecule has 0 saturated heterocycles. The Bertz CT molecular complexity index is 389. The second-order valence-electron chi connectivity index (χ2n) is 4.32. The van der Waals surface area contributed by atoms with Crippen LogP contribution < -0.4 is 4.74 Å². The van der Waals surface area contributed by atoms with Gasteiger partial charge in [0.05, 0.1) is 12.7 Å². The summed E-state index contributed by atoms with van der Waals surface area (Å²) < 4.78 is 10.4. The molecule has 0 saturated carbocycles. The van der Waals surface area contributed by atoms with Crippen LogP contribution in [0.15, 0.2) is 24.3 Å². The van der Waals surface area contributed by atoms with Crippen LogP contribution in [0, 0.1) is 0 Å². The van der Waals surface area contributed by atoms with Crippen molar-refractivity contribution in [2.45, 2.75) is 39.2 Å². The van der Waals surface area contributed by atoms with Crippen LogP contribution in [-0.2, 0) is 9.53 Å². The number of benzene rings is 1. The Morgan fingerprint density at radius 1 is 1.32 bits per heavy atom. The third-order valence-electron chi connectivity index (χ3n) is 2.77. The summed E-state index contributed by atoms with van der Waals surface area (Å²) in [6.45, 7) is 4.22. The fraction of sp³-hybridized carbons (Fsp3) is 0.533. The maximum absolute atomic E-state index is 11.4. The average Bonchev–Trinajstić information content (AvgIpc) is 2.45. The topological polar surface area (TPSA) is 55.8 Å². The van der Waals surface area contributed by atoms with E-state index in [1.165, 1.54) is 0 Å². The number of aliphatic hydroxyl groups excluding tert-OH is 1. The summed E-state index contributed by atoms with van der Waals surface area (Å²) in [5.41, 5.74) is 0.700. The monoisotopic (exact) mass is 266 g/mol. The molecule has 0 heterocycles. The van der Waals surface area contributed by atoms with Crippen molar-refractivity contribution in [1.29, 1.82) is 0 Å². The molecular formula is C15H22O4. The number of para-hydroxylation sites is 1. The van der Waals surface area contributed by atoms with Crippen LogP contribution in [0.4, 0.5) is 0 Å². The van der Waals surface area contributed by atoms with Crippen LogP contribution in [0.5, 0.6) is 5.75 Å². The molecular weight excluding hydrogens is 244 g/mol. The molecule has 1 aromatic rings. The smallest absolute Gasteiger partial charge is 0.344 e. The number of ether oxygens (including phenoxy) is 2. The molecule has 0 aliphatic rings. The zero-order chi connectivity index (χ0) is 14.1. The van der Waals surface area contributed by atoms with Crippen LogP contribution >= 0.6 is 0 Å². The highest BCUT2D eigenvalue weighted by Crippen LogP contribution is 2.26. The van der Waals surface area contributed by atoms with Crippen molar-refractivity contribution in [2.75, 3.05) is 13.2 Å². The molecule has 4 heteroatoms. The first-order valence-corrected chi connectivity index (χ1v) is 6.74. The molecule has 106 valence electrons. The molecule has 1 rings (SSSR count). The van der Waals surface area contributed by atoms with Gasteiger partial charge in [0, 0.05) is 5.56 Å². The molecule has 19 heavy (non-hydrogen) atoms. The molecule has 0 aliphatic heterocycles. The Morgan fingerprint density at radius 2 is 2.05 bits per heavy atom. The molecule has 4 nitrogen and oxygen atoms in total. The van der Waals surface area contributed by atoms with Gasteiger partial charge in [-0.1, -0.05) is 38.5 Å². The Morgan fingerprint density at radius 3 is 2.74 bits per heavy atom. The number of hydrogen-bond donors (Lipinski definition) is 1. The minimum absolute atomic E-state index is 0.128. The normalized spacial score (nSPS) is 11.9. The largest absolute Gasteiger partial charge is 0.482 e. The highest BCUT2D eigenvalue weighted by Gasteiger charge is 2.12. The zero-order valence-electron chi connectivity index (χ0n) is 11.6. The quantitative estimate of drug-likeness (QED) is 0.580. The lowest BCUT2D eigenvalue weighted by Gasteiger charge is -2.14. The molecule has 1 N–H and O–H groups in total. The molecule has 1 aromatic carbocycles. The molecule has 0 bridgehead atoms. The first kappa shape index (κ1) is 15.5. The van der Waals surface area contributed by atoms with E-state index in [9.17, 15) is 9.90 Å². The summed E-state index contributed by atoms with van der Waals surface area (Å²) in [7, 11) is 0. The van der Waals surface area contributed by atoms with Gasteiger partial charge in [-0.2, -0.15) is 0 Å². The minimum Gasteiger partial charge on any atom is -0.482 e. The maximum Gasteiger partial charge on any atom is 0.344 e. The van der Waals surface area contributed by atoms with Crippen molar-refractivity contribution in [3.8, 4) is 5.75 Å².